The highest BCUT2D eigenvalue weighted by Crippen LogP contribution is 2.27. The van der Waals surface area contributed by atoms with Gasteiger partial charge in [-0.15, -0.1) is 0 Å². The number of hydrogen-bond acceptors (Lipinski definition) is 3. The summed E-state index contributed by atoms with van der Waals surface area (Å²) in [5.41, 5.74) is 3.49. The molecule has 5 heteroatoms. The van der Waals surface area contributed by atoms with E-state index >= 15 is 0 Å². The third-order valence-corrected chi connectivity index (χ3v) is 3.12. The van der Waals surface area contributed by atoms with Crippen molar-refractivity contribution in [3.8, 4) is 17.3 Å². The zero-order valence-electron chi connectivity index (χ0n) is 12.2. The molecule has 21 heavy (non-hydrogen) atoms. The SMILES string of the molecule is CN(C)C=Nc1ccc(-c2ccc(C=O)n2C)cc1C#N. The van der Waals surface area contributed by atoms with Gasteiger partial charge < -0.3 is 9.47 Å². The van der Waals surface area contributed by atoms with Crippen LogP contribution in [0.4, 0.5) is 5.69 Å². The van der Waals surface area contributed by atoms with E-state index in [2.05, 4.69) is 11.1 Å². The van der Waals surface area contributed by atoms with Gasteiger partial charge in [0.1, 0.15) is 6.07 Å². The normalized spacial score (nSPS) is 10.6. The molecule has 0 atom stereocenters. The first kappa shape index (κ1) is 14.5. The molecule has 1 aromatic heterocycles. The first-order valence-corrected chi connectivity index (χ1v) is 6.43. The van der Waals surface area contributed by atoms with Gasteiger partial charge in [-0.3, -0.25) is 4.79 Å². The number of aromatic nitrogens is 1. The second-order valence-corrected chi connectivity index (χ2v) is 4.87. The van der Waals surface area contributed by atoms with E-state index in [9.17, 15) is 10.1 Å². The van der Waals surface area contributed by atoms with Crippen LogP contribution in [0.3, 0.4) is 0 Å². The molecule has 1 aromatic carbocycles. The standard InChI is InChI=1S/C16H16N4O/c1-19(2)11-18-15-6-4-12(8-13(15)9-17)16-7-5-14(10-21)20(16)3/h4-8,10-11H,1-3H3. The second kappa shape index (κ2) is 6.06. The molecule has 0 saturated carbocycles. The highest BCUT2D eigenvalue weighted by molar-refractivity contribution is 5.77. The fourth-order valence-corrected chi connectivity index (χ4v) is 2.01. The molecule has 0 radical (unpaired) electrons. The molecule has 0 saturated heterocycles. The number of hydrogen-bond donors (Lipinski definition) is 0. The molecule has 2 aromatic rings. The lowest BCUT2D eigenvalue weighted by Crippen LogP contribution is -2.07. The Balaban J connectivity index is 2.46. The molecule has 0 aliphatic rings. The van der Waals surface area contributed by atoms with Gasteiger partial charge in [0.25, 0.3) is 0 Å². The van der Waals surface area contributed by atoms with Gasteiger partial charge in [-0.2, -0.15) is 5.26 Å². The molecule has 0 fully saturated rings. The third-order valence-electron chi connectivity index (χ3n) is 3.12. The van der Waals surface area contributed by atoms with E-state index in [0.29, 0.717) is 16.9 Å². The summed E-state index contributed by atoms with van der Waals surface area (Å²) < 4.78 is 1.80. The zero-order chi connectivity index (χ0) is 15.4. The Morgan fingerprint density at radius 2 is 2.05 bits per heavy atom. The first-order chi connectivity index (χ1) is 10.1. The number of aliphatic imine (C=N–C) groups is 1. The topological polar surface area (TPSA) is 61.4 Å². The van der Waals surface area contributed by atoms with Crippen LogP contribution in [0, 0.1) is 11.3 Å². The highest BCUT2D eigenvalue weighted by Gasteiger charge is 2.09. The molecule has 0 N–H and O–H groups in total. The van der Waals surface area contributed by atoms with Gasteiger partial charge in [0.05, 0.1) is 23.3 Å². The number of carbonyl (C=O) groups excluding carboxylic acids is 1. The number of nitrogens with zero attached hydrogens (tertiary/aromatic N) is 4. The van der Waals surface area contributed by atoms with E-state index in [4.69, 9.17) is 0 Å². The van der Waals surface area contributed by atoms with Gasteiger partial charge in [0.2, 0.25) is 0 Å². The first-order valence-electron chi connectivity index (χ1n) is 6.43. The van der Waals surface area contributed by atoms with E-state index in [1.165, 1.54) is 0 Å². The molecular formula is C16H16N4O. The Labute approximate surface area is 123 Å². The summed E-state index contributed by atoms with van der Waals surface area (Å²) in [6.45, 7) is 0. The van der Waals surface area contributed by atoms with Crippen LogP contribution >= 0.6 is 0 Å². The summed E-state index contributed by atoms with van der Waals surface area (Å²) in [6, 6.07) is 11.3. The predicted molar refractivity (Wildman–Crippen MR) is 82.8 cm³/mol. The van der Waals surface area contributed by atoms with Gasteiger partial charge in [-0.1, -0.05) is 6.07 Å². The summed E-state index contributed by atoms with van der Waals surface area (Å²) in [4.78, 5) is 17.0. The van der Waals surface area contributed by atoms with E-state index in [-0.39, 0.29) is 0 Å². The lowest BCUT2D eigenvalue weighted by atomic mass is 10.1. The molecular weight excluding hydrogens is 264 g/mol. The minimum Gasteiger partial charge on any atom is -0.369 e. The maximum absolute atomic E-state index is 10.9. The molecule has 1 heterocycles. The molecule has 0 amide bonds. The molecule has 0 aliphatic carbocycles. The molecule has 2 rings (SSSR count). The van der Waals surface area contributed by atoms with Crippen LogP contribution in [0.15, 0.2) is 35.3 Å². The summed E-state index contributed by atoms with van der Waals surface area (Å²) in [5.74, 6) is 0. The Morgan fingerprint density at radius 3 is 2.62 bits per heavy atom. The van der Waals surface area contributed by atoms with Gasteiger partial charge in [0.15, 0.2) is 6.29 Å². The lowest BCUT2D eigenvalue weighted by Gasteiger charge is -2.07. The van der Waals surface area contributed by atoms with Crippen molar-refractivity contribution in [3.63, 3.8) is 0 Å². The maximum Gasteiger partial charge on any atom is 0.166 e. The predicted octanol–water partition coefficient (Wildman–Crippen LogP) is 2.60. The fraction of sp³-hybridized carbons (Fsp3) is 0.188. The van der Waals surface area contributed by atoms with Gasteiger partial charge in [0, 0.05) is 26.8 Å². The van der Waals surface area contributed by atoms with Crippen LogP contribution in [0.5, 0.6) is 0 Å². The average Bonchev–Trinajstić information content (AvgIpc) is 2.85. The molecule has 5 nitrogen and oxygen atoms in total. The molecule has 0 bridgehead atoms. The van der Waals surface area contributed by atoms with Crippen molar-refractivity contribution in [2.75, 3.05) is 14.1 Å². The number of rotatable bonds is 4. The maximum atomic E-state index is 10.9. The minimum atomic E-state index is 0.499. The van der Waals surface area contributed by atoms with E-state index in [0.717, 1.165) is 17.5 Å². The fourth-order valence-electron chi connectivity index (χ4n) is 2.01. The smallest absolute Gasteiger partial charge is 0.166 e. The largest absolute Gasteiger partial charge is 0.369 e. The lowest BCUT2D eigenvalue weighted by molar-refractivity contribution is 0.111. The Bertz CT molecular complexity index is 735. The van der Waals surface area contributed by atoms with Crippen LogP contribution in [-0.2, 0) is 7.05 Å². The second-order valence-electron chi connectivity index (χ2n) is 4.87. The van der Waals surface area contributed by atoms with Gasteiger partial charge in [-0.05, 0) is 29.8 Å². The average molecular weight is 280 g/mol. The molecule has 0 unspecified atom stereocenters. The Kier molecular flexibility index (Phi) is 4.19. The number of aldehydes is 1. The molecule has 0 spiro atoms. The van der Waals surface area contributed by atoms with Crippen molar-refractivity contribution in [2.45, 2.75) is 0 Å². The van der Waals surface area contributed by atoms with Gasteiger partial charge in [-0.25, -0.2) is 4.99 Å². The Morgan fingerprint density at radius 1 is 1.29 bits per heavy atom. The number of nitriles is 1. The van der Waals surface area contributed by atoms with Crippen LogP contribution in [0.25, 0.3) is 11.3 Å². The number of benzene rings is 1. The van der Waals surface area contributed by atoms with Crippen LogP contribution in [0.1, 0.15) is 16.1 Å². The zero-order valence-corrected chi connectivity index (χ0v) is 12.2. The van der Waals surface area contributed by atoms with E-state index < -0.39 is 0 Å². The third kappa shape index (κ3) is 3.00. The monoisotopic (exact) mass is 280 g/mol. The van der Waals surface area contributed by atoms with Crippen LogP contribution < -0.4 is 0 Å². The van der Waals surface area contributed by atoms with Crippen molar-refractivity contribution < 1.29 is 4.79 Å². The van der Waals surface area contributed by atoms with E-state index in [1.54, 1.807) is 23.0 Å². The highest BCUT2D eigenvalue weighted by atomic mass is 16.1. The quantitative estimate of drug-likeness (QED) is 0.491. The van der Waals surface area contributed by atoms with Crippen molar-refractivity contribution in [1.82, 2.24) is 9.47 Å². The minimum absolute atomic E-state index is 0.499. The summed E-state index contributed by atoms with van der Waals surface area (Å²) in [6.07, 6.45) is 2.47. The van der Waals surface area contributed by atoms with Gasteiger partial charge >= 0.3 is 0 Å². The van der Waals surface area contributed by atoms with Crippen molar-refractivity contribution in [1.29, 1.82) is 5.26 Å². The van der Waals surface area contributed by atoms with Crippen molar-refractivity contribution in [2.24, 2.45) is 12.0 Å². The number of carbonyl (C=O) groups is 1. The van der Waals surface area contributed by atoms with E-state index in [1.807, 2.05) is 44.2 Å². The summed E-state index contributed by atoms with van der Waals surface area (Å²) in [5, 5.41) is 9.28. The van der Waals surface area contributed by atoms with Crippen molar-refractivity contribution in [3.05, 3.63) is 41.6 Å². The molecule has 0 aliphatic heterocycles. The summed E-state index contributed by atoms with van der Waals surface area (Å²) in [7, 11) is 5.56. The van der Waals surface area contributed by atoms with Crippen LogP contribution in [-0.4, -0.2) is 36.2 Å². The summed E-state index contributed by atoms with van der Waals surface area (Å²) >= 11 is 0. The Hall–Kier alpha value is -2.87. The molecule has 106 valence electrons. The van der Waals surface area contributed by atoms with Crippen LogP contribution in [0.2, 0.25) is 0 Å². The van der Waals surface area contributed by atoms with Crippen molar-refractivity contribution >= 4 is 18.3 Å².